The van der Waals surface area contributed by atoms with Crippen LogP contribution in [0.25, 0.3) is 0 Å². The van der Waals surface area contributed by atoms with Crippen molar-refractivity contribution in [3.05, 3.63) is 52.8 Å². The van der Waals surface area contributed by atoms with Crippen LogP contribution in [0.3, 0.4) is 0 Å². The number of rotatable bonds is 4. The van der Waals surface area contributed by atoms with Gasteiger partial charge in [0.25, 0.3) is 0 Å². The van der Waals surface area contributed by atoms with Crippen molar-refractivity contribution < 1.29 is 14.0 Å². The largest absolute Gasteiger partial charge is 0.376 e. The van der Waals surface area contributed by atoms with E-state index in [1.165, 1.54) is 6.07 Å². The molecule has 2 aromatic carbocycles. The Kier molecular flexibility index (Phi) is 5.58. The first-order valence-corrected chi connectivity index (χ1v) is 10.0. The van der Waals surface area contributed by atoms with E-state index in [1.54, 1.807) is 12.1 Å². The summed E-state index contributed by atoms with van der Waals surface area (Å²) in [4.78, 5) is 27.9. The zero-order valence-electron chi connectivity index (χ0n) is 15.9. The molecule has 2 heterocycles. The lowest BCUT2D eigenvalue weighted by molar-refractivity contribution is -0.129. The van der Waals surface area contributed by atoms with Crippen molar-refractivity contribution in [1.82, 2.24) is 4.90 Å². The summed E-state index contributed by atoms with van der Waals surface area (Å²) in [5, 5.41) is 6.14. The lowest BCUT2D eigenvalue weighted by atomic mass is 10.0. The van der Waals surface area contributed by atoms with E-state index >= 15 is 0 Å². The number of carbonyl (C=O) groups excluding carboxylic acids is 2. The normalized spacial score (nSPS) is 16.3. The third kappa shape index (κ3) is 4.45. The van der Waals surface area contributed by atoms with Crippen LogP contribution in [-0.2, 0) is 16.0 Å². The van der Waals surface area contributed by atoms with E-state index in [0.717, 1.165) is 22.6 Å². The number of nitrogens with one attached hydrogen (secondary N) is 2. The molecule has 2 aliphatic heterocycles. The molecule has 0 aromatic heterocycles. The van der Waals surface area contributed by atoms with Crippen molar-refractivity contribution in [3.63, 3.8) is 0 Å². The van der Waals surface area contributed by atoms with Gasteiger partial charge in [-0.1, -0.05) is 11.6 Å². The van der Waals surface area contributed by atoms with Crippen LogP contribution in [0.5, 0.6) is 0 Å². The van der Waals surface area contributed by atoms with E-state index in [2.05, 4.69) is 10.6 Å². The number of halogens is 2. The van der Waals surface area contributed by atoms with Gasteiger partial charge in [-0.3, -0.25) is 9.59 Å². The highest BCUT2D eigenvalue weighted by Gasteiger charge is 2.22. The molecule has 2 aliphatic rings. The Morgan fingerprint density at radius 3 is 2.66 bits per heavy atom. The molecule has 29 heavy (non-hydrogen) atoms. The number of nitrogens with zero attached hydrogens (tertiary/aromatic N) is 2. The number of piperazine rings is 1. The van der Waals surface area contributed by atoms with Gasteiger partial charge in [-0.25, -0.2) is 4.39 Å². The van der Waals surface area contributed by atoms with Crippen molar-refractivity contribution in [2.45, 2.75) is 12.8 Å². The highest BCUT2D eigenvalue weighted by atomic mass is 35.5. The van der Waals surface area contributed by atoms with E-state index in [-0.39, 0.29) is 23.4 Å². The lowest BCUT2D eigenvalue weighted by Gasteiger charge is -2.36. The predicted octanol–water partition coefficient (Wildman–Crippen LogP) is 3.12. The van der Waals surface area contributed by atoms with Crippen molar-refractivity contribution in [3.8, 4) is 0 Å². The summed E-state index contributed by atoms with van der Waals surface area (Å²) in [5.74, 6) is -0.372. The summed E-state index contributed by atoms with van der Waals surface area (Å²) < 4.78 is 13.7. The quantitative estimate of drug-likeness (QED) is 0.803. The highest BCUT2D eigenvalue weighted by molar-refractivity contribution is 6.30. The maximum absolute atomic E-state index is 13.7. The second-order valence-electron chi connectivity index (χ2n) is 7.24. The molecule has 1 fully saturated rings. The minimum atomic E-state index is -0.434. The van der Waals surface area contributed by atoms with Crippen LogP contribution in [0.1, 0.15) is 12.0 Å². The van der Waals surface area contributed by atoms with Crippen LogP contribution in [0.2, 0.25) is 5.02 Å². The first kappa shape index (κ1) is 19.5. The fraction of sp³-hybridized carbons (Fsp3) is 0.333. The Balaban J connectivity index is 1.29. The van der Waals surface area contributed by atoms with E-state index in [4.69, 9.17) is 11.6 Å². The minimum absolute atomic E-state index is 0.0259. The van der Waals surface area contributed by atoms with E-state index in [0.29, 0.717) is 39.0 Å². The van der Waals surface area contributed by atoms with E-state index in [9.17, 15) is 14.0 Å². The standard InChI is InChI=1S/C21H22ClFN4O2/c22-17-4-3-16(12-18(17)23)26-7-9-27(10-8-26)21(29)13-24-15-2-5-19-14(11-15)1-6-20(28)25-19/h2-5,11-12,24H,1,6-10,13H2,(H,25,28). The Bertz CT molecular complexity index is 944. The zero-order chi connectivity index (χ0) is 20.4. The van der Waals surface area contributed by atoms with Crippen LogP contribution in [0.4, 0.5) is 21.5 Å². The number of amides is 2. The maximum atomic E-state index is 13.7. The molecule has 0 aliphatic carbocycles. The van der Waals surface area contributed by atoms with Gasteiger partial charge >= 0.3 is 0 Å². The zero-order valence-corrected chi connectivity index (χ0v) is 16.6. The Morgan fingerprint density at radius 1 is 1.10 bits per heavy atom. The van der Waals surface area contributed by atoms with Gasteiger partial charge in [0.2, 0.25) is 11.8 Å². The fourth-order valence-electron chi connectivity index (χ4n) is 3.68. The van der Waals surface area contributed by atoms with Crippen molar-refractivity contribution in [2.24, 2.45) is 0 Å². The molecule has 0 saturated carbocycles. The van der Waals surface area contributed by atoms with E-state index in [1.807, 2.05) is 28.0 Å². The SMILES string of the molecule is O=C1CCc2cc(NCC(=O)N3CCN(c4ccc(Cl)c(F)c4)CC3)ccc2N1. The first-order chi connectivity index (χ1) is 14.0. The molecule has 2 amide bonds. The Morgan fingerprint density at radius 2 is 1.90 bits per heavy atom. The smallest absolute Gasteiger partial charge is 0.241 e. The second kappa shape index (κ2) is 8.29. The van der Waals surface area contributed by atoms with Gasteiger partial charge in [-0.15, -0.1) is 0 Å². The Labute approximate surface area is 173 Å². The molecule has 8 heteroatoms. The third-order valence-corrected chi connectivity index (χ3v) is 5.65. The molecule has 6 nitrogen and oxygen atoms in total. The minimum Gasteiger partial charge on any atom is -0.376 e. The average Bonchev–Trinajstić information content (AvgIpc) is 2.74. The molecule has 1 saturated heterocycles. The molecular weight excluding hydrogens is 395 g/mol. The molecule has 0 bridgehead atoms. The van der Waals surface area contributed by atoms with E-state index < -0.39 is 5.82 Å². The summed E-state index contributed by atoms with van der Waals surface area (Å²) in [7, 11) is 0. The van der Waals surface area contributed by atoms with Gasteiger partial charge in [-0.05, 0) is 48.4 Å². The van der Waals surface area contributed by atoms with Crippen LogP contribution < -0.4 is 15.5 Å². The number of fused-ring (bicyclic) bond motifs is 1. The number of benzene rings is 2. The highest BCUT2D eigenvalue weighted by Crippen LogP contribution is 2.26. The predicted molar refractivity (Wildman–Crippen MR) is 112 cm³/mol. The second-order valence-corrected chi connectivity index (χ2v) is 7.65. The monoisotopic (exact) mass is 416 g/mol. The van der Waals surface area contributed by atoms with Crippen LogP contribution in [0.15, 0.2) is 36.4 Å². The molecule has 0 radical (unpaired) electrons. The van der Waals surface area contributed by atoms with Gasteiger partial charge in [0.15, 0.2) is 0 Å². The Hall–Kier alpha value is -2.80. The number of hydrogen-bond donors (Lipinski definition) is 2. The molecule has 2 N–H and O–H groups in total. The summed E-state index contributed by atoms with van der Waals surface area (Å²) >= 11 is 5.74. The molecule has 0 unspecified atom stereocenters. The lowest BCUT2D eigenvalue weighted by Crippen LogP contribution is -2.50. The summed E-state index contributed by atoms with van der Waals surface area (Å²) in [6.45, 7) is 2.67. The van der Waals surface area contributed by atoms with Crippen molar-refractivity contribution in [1.29, 1.82) is 0 Å². The number of aryl methyl sites for hydroxylation is 1. The van der Waals surface area contributed by atoms with Gasteiger partial charge in [-0.2, -0.15) is 0 Å². The molecule has 0 spiro atoms. The van der Waals surface area contributed by atoms with Crippen LogP contribution >= 0.6 is 11.6 Å². The molecule has 2 aromatic rings. The molecule has 4 rings (SSSR count). The average molecular weight is 417 g/mol. The van der Waals surface area contributed by atoms with Crippen molar-refractivity contribution in [2.75, 3.05) is 48.3 Å². The number of hydrogen-bond acceptors (Lipinski definition) is 4. The first-order valence-electron chi connectivity index (χ1n) is 9.64. The molecular formula is C21H22ClFN4O2. The fourth-order valence-corrected chi connectivity index (χ4v) is 3.80. The number of anilines is 3. The van der Waals surface area contributed by atoms with Crippen LogP contribution in [0, 0.1) is 5.82 Å². The third-order valence-electron chi connectivity index (χ3n) is 5.35. The molecule has 152 valence electrons. The number of carbonyl (C=O) groups is 2. The van der Waals surface area contributed by atoms with Gasteiger partial charge < -0.3 is 20.4 Å². The molecule has 0 atom stereocenters. The summed E-state index contributed by atoms with van der Waals surface area (Å²) in [6, 6.07) is 10.5. The topological polar surface area (TPSA) is 64.7 Å². The van der Waals surface area contributed by atoms with Crippen molar-refractivity contribution >= 4 is 40.5 Å². The summed E-state index contributed by atoms with van der Waals surface area (Å²) in [5.41, 5.74) is 3.56. The van der Waals surface area contributed by atoms with Gasteiger partial charge in [0, 0.05) is 49.7 Å². The summed E-state index contributed by atoms with van der Waals surface area (Å²) in [6.07, 6.45) is 1.19. The van der Waals surface area contributed by atoms with Gasteiger partial charge in [0.1, 0.15) is 5.82 Å². The van der Waals surface area contributed by atoms with Gasteiger partial charge in [0.05, 0.1) is 11.6 Å². The van der Waals surface area contributed by atoms with Crippen LogP contribution in [-0.4, -0.2) is 49.4 Å². The maximum Gasteiger partial charge on any atom is 0.241 e.